The zero-order valence-corrected chi connectivity index (χ0v) is 16.3. The molecule has 0 saturated heterocycles. The zero-order chi connectivity index (χ0) is 19.7. The highest BCUT2D eigenvalue weighted by Crippen LogP contribution is 2.32. The maximum Gasteiger partial charge on any atom is 0.229 e. The fraction of sp³-hybridized carbons (Fsp3) is 0.0952. The lowest BCUT2D eigenvalue weighted by atomic mass is 10.1. The Labute approximate surface area is 163 Å². The first-order valence-electron chi connectivity index (χ1n) is 8.77. The molecule has 4 aromatic rings. The summed E-state index contributed by atoms with van der Waals surface area (Å²) in [5.41, 5.74) is 5.09. The highest BCUT2D eigenvalue weighted by Gasteiger charge is 2.08. The first kappa shape index (κ1) is 18.1. The predicted octanol–water partition coefficient (Wildman–Crippen LogP) is 4.54. The molecule has 0 fully saturated rings. The van der Waals surface area contributed by atoms with Gasteiger partial charge in [-0.1, -0.05) is 18.2 Å². The number of anilines is 4. The van der Waals surface area contributed by atoms with Crippen molar-refractivity contribution in [2.45, 2.75) is 0 Å². The van der Waals surface area contributed by atoms with Crippen LogP contribution in [0, 0.1) is 0 Å². The molecule has 0 amide bonds. The molecule has 0 saturated carbocycles. The summed E-state index contributed by atoms with van der Waals surface area (Å²) in [6.45, 7) is 0. The lowest BCUT2D eigenvalue weighted by Crippen LogP contribution is -2.09. The number of rotatable bonds is 5. The third-order valence-corrected chi connectivity index (χ3v) is 5.00. The first-order valence-corrected chi connectivity index (χ1v) is 10.7. The molecule has 6 nitrogen and oxygen atoms in total. The van der Waals surface area contributed by atoms with E-state index in [9.17, 15) is 8.42 Å². The van der Waals surface area contributed by atoms with Crippen molar-refractivity contribution in [3.8, 4) is 0 Å². The van der Waals surface area contributed by atoms with Crippen LogP contribution in [0.15, 0.2) is 66.7 Å². The topological polar surface area (TPSA) is 83.1 Å². The van der Waals surface area contributed by atoms with Crippen molar-refractivity contribution in [3.05, 3.63) is 66.7 Å². The molecule has 0 aliphatic carbocycles. The van der Waals surface area contributed by atoms with Gasteiger partial charge in [0.2, 0.25) is 10.0 Å². The number of benzene rings is 3. The summed E-state index contributed by atoms with van der Waals surface area (Å²) in [7, 11) is -1.42. The molecule has 142 valence electrons. The van der Waals surface area contributed by atoms with Gasteiger partial charge in [0.15, 0.2) is 0 Å². The van der Waals surface area contributed by atoms with E-state index in [1.165, 1.54) is 0 Å². The third-order valence-electron chi connectivity index (χ3n) is 4.39. The van der Waals surface area contributed by atoms with E-state index in [0.29, 0.717) is 5.69 Å². The van der Waals surface area contributed by atoms with Gasteiger partial charge in [-0.25, -0.2) is 13.4 Å². The van der Waals surface area contributed by atoms with Crippen LogP contribution >= 0.6 is 0 Å². The molecule has 0 aliphatic rings. The van der Waals surface area contributed by atoms with Crippen LogP contribution in [-0.4, -0.2) is 26.7 Å². The van der Waals surface area contributed by atoms with Crippen LogP contribution < -0.4 is 15.4 Å². The maximum absolute atomic E-state index is 11.4. The molecule has 1 heterocycles. The third kappa shape index (κ3) is 3.84. The first-order chi connectivity index (χ1) is 13.4. The molecule has 3 aromatic carbocycles. The monoisotopic (exact) mass is 392 g/mol. The van der Waals surface area contributed by atoms with E-state index in [1.807, 2.05) is 55.6 Å². The van der Waals surface area contributed by atoms with Crippen molar-refractivity contribution in [2.24, 2.45) is 0 Å². The SMILES string of the molecule is CNc1cc(Nc2ccc(NS(C)(=O)=O)cc2)c2cc3ccccc3nc2c1. The van der Waals surface area contributed by atoms with Crippen molar-refractivity contribution in [2.75, 3.05) is 28.7 Å². The average Bonchev–Trinajstić information content (AvgIpc) is 2.66. The van der Waals surface area contributed by atoms with Gasteiger partial charge in [-0.3, -0.25) is 4.72 Å². The highest BCUT2D eigenvalue weighted by molar-refractivity contribution is 7.92. The summed E-state index contributed by atoms with van der Waals surface area (Å²) in [5.74, 6) is 0. The van der Waals surface area contributed by atoms with Crippen LogP contribution in [0.5, 0.6) is 0 Å². The minimum Gasteiger partial charge on any atom is -0.388 e. The number of fused-ring (bicyclic) bond motifs is 2. The molecule has 1 aromatic heterocycles. The number of nitrogens with one attached hydrogen (secondary N) is 3. The molecule has 7 heteroatoms. The molecule has 0 atom stereocenters. The lowest BCUT2D eigenvalue weighted by molar-refractivity contribution is 0.607. The van der Waals surface area contributed by atoms with Gasteiger partial charge < -0.3 is 10.6 Å². The Balaban J connectivity index is 1.75. The van der Waals surface area contributed by atoms with Crippen molar-refractivity contribution in [3.63, 3.8) is 0 Å². The van der Waals surface area contributed by atoms with E-state index in [-0.39, 0.29) is 0 Å². The number of nitrogens with zero attached hydrogens (tertiary/aromatic N) is 1. The van der Waals surface area contributed by atoms with Crippen molar-refractivity contribution in [1.82, 2.24) is 4.98 Å². The molecular formula is C21H20N4O2S. The Morgan fingerprint density at radius 1 is 0.821 bits per heavy atom. The second-order valence-corrected chi connectivity index (χ2v) is 8.35. The van der Waals surface area contributed by atoms with E-state index in [2.05, 4.69) is 21.4 Å². The lowest BCUT2D eigenvalue weighted by Gasteiger charge is -2.14. The number of pyridine rings is 1. The second kappa shape index (κ2) is 7.01. The standard InChI is InChI=1S/C21H20N4O2S/c1-22-17-12-20(23-15-7-9-16(10-8-15)25-28(2,26)27)18-11-14-5-3-4-6-19(14)24-21(18)13-17/h3-13,22-23,25H,1-2H3. The Bertz CT molecular complexity index is 1270. The average molecular weight is 392 g/mol. The minimum absolute atomic E-state index is 0.523. The van der Waals surface area contributed by atoms with Crippen molar-refractivity contribution in [1.29, 1.82) is 0 Å². The fourth-order valence-corrected chi connectivity index (χ4v) is 3.68. The van der Waals surface area contributed by atoms with E-state index in [4.69, 9.17) is 4.98 Å². The highest BCUT2D eigenvalue weighted by atomic mass is 32.2. The zero-order valence-electron chi connectivity index (χ0n) is 15.5. The van der Waals surface area contributed by atoms with Gasteiger partial charge in [-0.2, -0.15) is 0 Å². The van der Waals surface area contributed by atoms with Crippen LogP contribution in [-0.2, 0) is 10.0 Å². The molecule has 0 unspecified atom stereocenters. The Morgan fingerprint density at radius 3 is 2.25 bits per heavy atom. The summed E-state index contributed by atoms with van der Waals surface area (Å²) in [6.07, 6.45) is 1.13. The number of sulfonamides is 1. The van der Waals surface area contributed by atoms with Gasteiger partial charge in [0.25, 0.3) is 0 Å². The number of hydrogen-bond acceptors (Lipinski definition) is 5. The molecule has 0 aliphatic heterocycles. The molecule has 0 bridgehead atoms. The molecular weight excluding hydrogens is 372 g/mol. The normalized spacial score (nSPS) is 11.5. The van der Waals surface area contributed by atoms with Gasteiger partial charge >= 0.3 is 0 Å². The number of aromatic nitrogens is 1. The van der Waals surface area contributed by atoms with Gasteiger partial charge in [-0.15, -0.1) is 0 Å². The Kier molecular flexibility index (Phi) is 4.52. The Hall–Kier alpha value is -3.32. The van der Waals surface area contributed by atoms with Crippen LogP contribution in [0.2, 0.25) is 0 Å². The molecule has 0 radical (unpaired) electrons. The van der Waals surface area contributed by atoms with Gasteiger partial charge in [0.1, 0.15) is 0 Å². The molecule has 4 rings (SSSR count). The van der Waals surface area contributed by atoms with E-state index < -0.39 is 10.0 Å². The minimum atomic E-state index is -3.29. The van der Waals surface area contributed by atoms with E-state index in [1.54, 1.807) is 12.1 Å². The van der Waals surface area contributed by atoms with E-state index in [0.717, 1.165) is 45.1 Å². The summed E-state index contributed by atoms with van der Waals surface area (Å²) in [6, 6.07) is 21.3. The second-order valence-electron chi connectivity index (χ2n) is 6.60. The fourth-order valence-electron chi connectivity index (χ4n) is 3.12. The smallest absolute Gasteiger partial charge is 0.229 e. The van der Waals surface area contributed by atoms with Crippen molar-refractivity contribution < 1.29 is 8.42 Å². The molecule has 3 N–H and O–H groups in total. The van der Waals surface area contributed by atoms with Crippen molar-refractivity contribution >= 4 is 54.6 Å². The largest absolute Gasteiger partial charge is 0.388 e. The quantitative estimate of drug-likeness (QED) is 0.434. The number of para-hydroxylation sites is 1. The number of hydrogen-bond donors (Lipinski definition) is 3. The Morgan fingerprint density at radius 2 is 1.54 bits per heavy atom. The molecule has 28 heavy (non-hydrogen) atoms. The van der Waals surface area contributed by atoms with Crippen LogP contribution in [0.4, 0.5) is 22.7 Å². The van der Waals surface area contributed by atoms with Crippen LogP contribution in [0.3, 0.4) is 0 Å². The summed E-state index contributed by atoms with van der Waals surface area (Å²) >= 11 is 0. The van der Waals surface area contributed by atoms with Crippen LogP contribution in [0.1, 0.15) is 0 Å². The maximum atomic E-state index is 11.4. The van der Waals surface area contributed by atoms with Gasteiger partial charge in [0, 0.05) is 34.9 Å². The summed E-state index contributed by atoms with van der Waals surface area (Å²) in [5, 5.41) is 8.67. The van der Waals surface area contributed by atoms with E-state index >= 15 is 0 Å². The summed E-state index contributed by atoms with van der Waals surface area (Å²) in [4.78, 5) is 4.79. The predicted molar refractivity (Wildman–Crippen MR) is 117 cm³/mol. The molecule has 0 spiro atoms. The summed E-state index contributed by atoms with van der Waals surface area (Å²) < 4.78 is 25.2. The van der Waals surface area contributed by atoms with Crippen LogP contribution in [0.25, 0.3) is 21.8 Å². The van der Waals surface area contributed by atoms with Gasteiger partial charge in [-0.05, 0) is 48.5 Å². The van der Waals surface area contributed by atoms with Gasteiger partial charge in [0.05, 0.1) is 23.0 Å².